The topological polar surface area (TPSA) is 86.8 Å². The molecular weight excluding hydrogens is 366 g/mol. The highest BCUT2D eigenvalue weighted by atomic mass is 32.2. The van der Waals surface area contributed by atoms with E-state index in [0.29, 0.717) is 0 Å². The standard InChI is InChI=1S/C19H29N3O4S/c1-4-21(5-2)13-8-9-15(3)20-18(23)12-14-22-19(24)16-10-6-7-11-17(16)27(22,25)26/h6-7,10-11,15H,4-5,8-9,12-14H2,1-3H3,(H,20,23). The summed E-state index contributed by atoms with van der Waals surface area (Å²) in [5.74, 6) is -0.810. The third-order valence-electron chi connectivity index (χ3n) is 4.87. The van der Waals surface area contributed by atoms with E-state index in [9.17, 15) is 18.0 Å². The number of benzene rings is 1. The molecule has 1 atom stereocenters. The van der Waals surface area contributed by atoms with Gasteiger partial charge < -0.3 is 10.2 Å². The van der Waals surface area contributed by atoms with Crippen LogP contribution in [-0.2, 0) is 14.8 Å². The van der Waals surface area contributed by atoms with Gasteiger partial charge in [-0.25, -0.2) is 12.7 Å². The van der Waals surface area contributed by atoms with Crippen LogP contribution in [0.1, 0.15) is 50.4 Å². The highest BCUT2D eigenvalue weighted by molar-refractivity contribution is 7.90. The zero-order valence-corrected chi connectivity index (χ0v) is 17.1. The number of hydrogen-bond donors (Lipinski definition) is 1. The summed E-state index contributed by atoms with van der Waals surface area (Å²) in [6.07, 6.45) is 1.80. The number of nitrogens with one attached hydrogen (secondary N) is 1. The van der Waals surface area contributed by atoms with Gasteiger partial charge in [-0.1, -0.05) is 26.0 Å². The molecule has 1 heterocycles. The Kier molecular flexibility index (Phi) is 7.38. The summed E-state index contributed by atoms with van der Waals surface area (Å²) in [4.78, 5) is 26.8. The number of amides is 2. The van der Waals surface area contributed by atoms with Gasteiger partial charge in [0.1, 0.15) is 4.90 Å². The number of carbonyl (C=O) groups is 2. The van der Waals surface area contributed by atoms with Crippen molar-refractivity contribution in [2.45, 2.75) is 51.0 Å². The number of carbonyl (C=O) groups excluding carboxylic acids is 2. The van der Waals surface area contributed by atoms with Crippen molar-refractivity contribution < 1.29 is 18.0 Å². The lowest BCUT2D eigenvalue weighted by Gasteiger charge is -2.20. The van der Waals surface area contributed by atoms with Gasteiger partial charge in [-0.2, -0.15) is 0 Å². The van der Waals surface area contributed by atoms with E-state index in [-0.39, 0.29) is 35.4 Å². The zero-order valence-electron chi connectivity index (χ0n) is 16.3. The molecule has 27 heavy (non-hydrogen) atoms. The van der Waals surface area contributed by atoms with Crippen molar-refractivity contribution in [3.63, 3.8) is 0 Å². The molecule has 1 aromatic rings. The number of hydrogen-bond acceptors (Lipinski definition) is 5. The molecule has 8 heteroatoms. The largest absolute Gasteiger partial charge is 0.354 e. The van der Waals surface area contributed by atoms with Crippen molar-refractivity contribution in [2.75, 3.05) is 26.2 Å². The van der Waals surface area contributed by atoms with E-state index in [0.717, 1.165) is 36.8 Å². The molecule has 0 fully saturated rings. The van der Waals surface area contributed by atoms with Crippen LogP contribution in [0.4, 0.5) is 0 Å². The summed E-state index contributed by atoms with van der Waals surface area (Å²) >= 11 is 0. The van der Waals surface area contributed by atoms with Gasteiger partial charge in [-0.15, -0.1) is 0 Å². The molecule has 1 aliphatic heterocycles. The van der Waals surface area contributed by atoms with Crippen LogP contribution in [0.3, 0.4) is 0 Å². The molecular formula is C19H29N3O4S. The summed E-state index contributed by atoms with van der Waals surface area (Å²) < 4.78 is 25.7. The molecule has 0 saturated heterocycles. The van der Waals surface area contributed by atoms with Crippen LogP contribution < -0.4 is 5.32 Å². The first-order valence-electron chi connectivity index (χ1n) is 9.49. The second kappa shape index (κ2) is 9.32. The third-order valence-corrected chi connectivity index (χ3v) is 6.71. The van der Waals surface area contributed by atoms with E-state index in [2.05, 4.69) is 24.1 Å². The van der Waals surface area contributed by atoms with E-state index in [1.54, 1.807) is 12.1 Å². The summed E-state index contributed by atoms with van der Waals surface area (Å²) in [6.45, 7) is 9.06. The smallest absolute Gasteiger partial charge is 0.269 e. The molecule has 150 valence electrons. The SMILES string of the molecule is CCN(CC)CCCC(C)NC(=O)CCN1C(=O)c2ccccc2S1(=O)=O. The second-order valence-electron chi connectivity index (χ2n) is 6.77. The molecule has 0 spiro atoms. The molecule has 0 saturated carbocycles. The summed E-state index contributed by atoms with van der Waals surface area (Å²) in [5, 5.41) is 2.89. The van der Waals surface area contributed by atoms with Gasteiger partial charge in [-0.3, -0.25) is 9.59 Å². The lowest BCUT2D eigenvalue weighted by Crippen LogP contribution is -2.37. The van der Waals surface area contributed by atoms with Gasteiger partial charge in [0.15, 0.2) is 0 Å². The molecule has 0 bridgehead atoms. The normalized spacial score (nSPS) is 16.4. The predicted molar refractivity (Wildman–Crippen MR) is 104 cm³/mol. The maximum atomic E-state index is 12.5. The minimum Gasteiger partial charge on any atom is -0.354 e. The Balaban J connectivity index is 1.81. The summed E-state index contributed by atoms with van der Waals surface area (Å²) in [7, 11) is -3.85. The number of fused-ring (bicyclic) bond motifs is 1. The molecule has 0 aliphatic carbocycles. The fourth-order valence-corrected chi connectivity index (χ4v) is 4.80. The molecule has 0 aromatic heterocycles. The zero-order chi connectivity index (χ0) is 20.0. The minimum absolute atomic E-state index is 0.0103. The highest BCUT2D eigenvalue weighted by Gasteiger charge is 2.40. The molecule has 1 N–H and O–H groups in total. The van der Waals surface area contributed by atoms with E-state index in [4.69, 9.17) is 0 Å². The van der Waals surface area contributed by atoms with Crippen LogP contribution in [0, 0.1) is 0 Å². The lowest BCUT2D eigenvalue weighted by atomic mass is 10.1. The Labute approximate surface area is 161 Å². The average Bonchev–Trinajstić information content (AvgIpc) is 2.83. The molecule has 1 unspecified atom stereocenters. The van der Waals surface area contributed by atoms with Crippen molar-refractivity contribution in [3.05, 3.63) is 29.8 Å². The first kappa shape index (κ1) is 21.4. The Hall–Kier alpha value is -1.93. The lowest BCUT2D eigenvalue weighted by molar-refractivity contribution is -0.121. The van der Waals surface area contributed by atoms with Crippen LogP contribution in [-0.4, -0.2) is 61.7 Å². The molecule has 1 aromatic carbocycles. The van der Waals surface area contributed by atoms with Crippen LogP contribution in [0.5, 0.6) is 0 Å². The van der Waals surface area contributed by atoms with Crippen molar-refractivity contribution >= 4 is 21.8 Å². The maximum absolute atomic E-state index is 12.5. The fraction of sp³-hybridized carbons (Fsp3) is 0.579. The van der Waals surface area contributed by atoms with Crippen molar-refractivity contribution in [1.29, 1.82) is 0 Å². The van der Waals surface area contributed by atoms with E-state index < -0.39 is 15.9 Å². The Bertz CT molecular complexity index is 775. The Morgan fingerprint density at radius 3 is 2.52 bits per heavy atom. The van der Waals surface area contributed by atoms with Gasteiger partial charge in [0, 0.05) is 19.0 Å². The van der Waals surface area contributed by atoms with Crippen molar-refractivity contribution in [3.8, 4) is 0 Å². The van der Waals surface area contributed by atoms with Crippen LogP contribution in [0.2, 0.25) is 0 Å². The molecule has 7 nitrogen and oxygen atoms in total. The Morgan fingerprint density at radius 1 is 1.22 bits per heavy atom. The Morgan fingerprint density at radius 2 is 1.89 bits per heavy atom. The average molecular weight is 396 g/mol. The maximum Gasteiger partial charge on any atom is 0.269 e. The third kappa shape index (κ3) is 5.07. The number of rotatable bonds is 10. The molecule has 1 aliphatic rings. The van der Waals surface area contributed by atoms with E-state index in [1.807, 2.05) is 6.92 Å². The van der Waals surface area contributed by atoms with E-state index in [1.165, 1.54) is 12.1 Å². The number of sulfonamides is 1. The van der Waals surface area contributed by atoms with Crippen molar-refractivity contribution in [1.82, 2.24) is 14.5 Å². The first-order chi connectivity index (χ1) is 12.8. The predicted octanol–water partition coefficient (Wildman–Crippen LogP) is 1.85. The van der Waals surface area contributed by atoms with E-state index >= 15 is 0 Å². The number of nitrogens with zero attached hydrogens (tertiary/aromatic N) is 2. The fourth-order valence-electron chi connectivity index (χ4n) is 3.24. The molecule has 0 radical (unpaired) electrons. The van der Waals surface area contributed by atoms with Gasteiger partial charge in [-0.05, 0) is 51.5 Å². The molecule has 2 amide bonds. The van der Waals surface area contributed by atoms with Crippen molar-refractivity contribution in [2.24, 2.45) is 0 Å². The van der Waals surface area contributed by atoms with Gasteiger partial charge in [0.05, 0.1) is 5.56 Å². The molecule has 2 rings (SSSR count). The quantitative estimate of drug-likeness (QED) is 0.653. The summed E-state index contributed by atoms with van der Waals surface area (Å²) in [5.41, 5.74) is 0.169. The minimum atomic E-state index is -3.85. The van der Waals surface area contributed by atoms with Gasteiger partial charge in [0.2, 0.25) is 5.91 Å². The van der Waals surface area contributed by atoms with Crippen LogP contribution in [0.25, 0.3) is 0 Å². The highest BCUT2D eigenvalue weighted by Crippen LogP contribution is 2.29. The first-order valence-corrected chi connectivity index (χ1v) is 10.9. The second-order valence-corrected chi connectivity index (χ2v) is 8.60. The van der Waals surface area contributed by atoms with Gasteiger partial charge in [0.25, 0.3) is 15.9 Å². The van der Waals surface area contributed by atoms with Crippen LogP contribution in [0.15, 0.2) is 29.2 Å². The monoisotopic (exact) mass is 395 g/mol. The van der Waals surface area contributed by atoms with Gasteiger partial charge >= 0.3 is 0 Å². The summed E-state index contributed by atoms with van der Waals surface area (Å²) in [6, 6.07) is 6.13. The van der Waals surface area contributed by atoms with Crippen LogP contribution >= 0.6 is 0 Å².